The molecule has 0 saturated carbocycles. The molecule has 0 saturated heterocycles. The van der Waals surface area contributed by atoms with Crippen LogP contribution in [0.5, 0.6) is 0 Å². The minimum atomic E-state index is 0.0398. The molecule has 2 aromatic rings. The molecular formula is C18H21NOS. The van der Waals surface area contributed by atoms with Gasteiger partial charge in [0.15, 0.2) is 0 Å². The summed E-state index contributed by atoms with van der Waals surface area (Å²) in [6, 6.07) is 13.0. The van der Waals surface area contributed by atoms with Crippen LogP contribution in [0, 0.1) is 0 Å². The maximum absolute atomic E-state index is 10.9. The van der Waals surface area contributed by atoms with E-state index in [-0.39, 0.29) is 5.91 Å². The lowest BCUT2D eigenvalue weighted by atomic mass is 10.0. The number of nitrogens with one attached hydrogen (secondary N) is 1. The van der Waals surface area contributed by atoms with Crippen LogP contribution >= 0.6 is 11.8 Å². The molecule has 1 amide bonds. The first kappa shape index (κ1) is 15.6. The Labute approximate surface area is 130 Å². The molecule has 0 heterocycles. The van der Waals surface area contributed by atoms with Crippen LogP contribution < -0.4 is 5.32 Å². The predicted octanol–water partition coefficient (Wildman–Crippen LogP) is 4.53. The minimum absolute atomic E-state index is 0.0398. The van der Waals surface area contributed by atoms with Crippen LogP contribution in [0.4, 0.5) is 0 Å². The normalized spacial score (nSPS) is 11.1. The molecule has 0 aromatic heterocycles. The number of fused-ring (bicyclic) bond motifs is 1. The third-order valence-corrected chi connectivity index (χ3v) is 4.22. The second-order valence-electron chi connectivity index (χ2n) is 4.97. The van der Waals surface area contributed by atoms with E-state index in [9.17, 15) is 4.79 Å². The van der Waals surface area contributed by atoms with Crippen LogP contribution in [0.15, 0.2) is 52.8 Å². The van der Waals surface area contributed by atoms with Crippen LogP contribution in [-0.4, -0.2) is 12.5 Å². The topological polar surface area (TPSA) is 29.1 Å². The second-order valence-corrected chi connectivity index (χ2v) is 5.95. The molecule has 21 heavy (non-hydrogen) atoms. The molecule has 2 aromatic carbocycles. The quantitative estimate of drug-likeness (QED) is 0.627. The average molecular weight is 299 g/mol. The van der Waals surface area contributed by atoms with E-state index in [1.54, 1.807) is 18.7 Å². The van der Waals surface area contributed by atoms with Crippen molar-refractivity contribution in [1.29, 1.82) is 0 Å². The van der Waals surface area contributed by atoms with Crippen molar-refractivity contribution in [1.82, 2.24) is 5.32 Å². The molecular weight excluding hydrogens is 278 g/mol. The summed E-state index contributed by atoms with van der Waals surface area (Å²) in [7, 11) is 0. The Kier molecular flexibility index (Phi) is 5.88. The van der Waals surface area contributed by atoms with Crippen molar-refractivity contribution in [3.05, 3.63) is 53.4 Å². The number of rotatable bonds is 6. The van der Waals surface area contributed by atoms with Gasteiger partial charge in [-0.2, -0.15) is 0 Å². The molecule has 0 atom stereocenters. The highest BCUT2D eigenvalue weighted by molar-refractivity contribution is 8.02. The van der Waals surface area contributed by atoms with Crippen molar-refractivity contribution in [2.45, 2.75) is 31.6 Å². The Morgan fingerprint density at radius 1 is 1.29 bits per heavy atom. The first-order valence-electron chi connectivity index (χ1n) is 7.24. The number of carbonyl (C=O) groups is 1. The van der Waals surface area contributed by atoms with Crippen LogP contribution in [0.1, 0.15) is 25.8 Å². The van der Waals surface area contributed by atoms with E-state index in [2.05, 4.69) is 47.1 Å². The largest absolute Gasteiger partial charge is 0.356 e. The number of thioether (sulfide) groups is 1. The Hall–Kier alpha value is -1.74. The van der Waals surface area contributed by atoms with Gasteiger partial charge in [-0.25, -0.2) is 0 Å². The Morgan fingerprint density at radius 2 is 2.14 bits per heavy atom. The fraction of sp³-hybridized carbons (Fsp3) is 0.278. The van der Waals surface area contributed by atoms with E-state index in [0.717, 1.165) is 19.4 Å². The fourth-order valence-electron chi connectivity index (χ4n) is 2.30. The van der Waals surface area contributed by atoms with E-state index >= 15 is 0 Å². The van der Waals surface area contributed by atoms with Gasteiger partial charge in [0.25, 0.3) is 0 Å². The van der Waals surface area contributed by atoms with Crippen molar-refractivity contribution < 1.29 is 4.79 Å². The molecule has 0 spiro atoms. The summed E-state index contributed by atoms with van der Waals surface area (Å²) >= 11 is 1.74. The summed E-state index contributed by atoms with van der Waals surface area (Å²) in [5.74, 6) is 0.0398. The number of hydrogen-bond acceptors (Lipinski definition) is 2. The molecule has 110 valence electrons. The number of allylic oxidation sites excluding steroid dienone is 1. The summed E-state index contributed by atoms with van der Waals surface area (Å²) in [4.78, 5) is 12.2. The van der Waals surface area contributed by atoms with Gasteiger partial charge in [0, 0.05) is 18.4 Å². The van der Waals surface area contributed by atoms with Gasteiger partial charge < -0.3 is 5.32 Å². The molecule has 0 aliphatic rings. The number of hydrogen-bond donors (Lipinski definition) is 1. The smallest absolute Gasteiger partial charge is 0.216 e. The fourth-order valence-corrected chi connectivity index (χ4v) is 2.92. The van der Waals surface area contributed by atoms with Gasteiger partial charge in [-0.3, -0.25) is 4.79 Å². The zero-order chi connectivity index (χ0) is 15.1. The molecule has 0 aliphatic heterocycles. The van der Waals surface area contributed by atoms with E-state index < -0.39 is 0 Å². The van der Waals surface area contributed by atoms with Crippen LogP contribution in [0.2, 0.25) is 0 Å². The number of carbonyl (C=O) groups excluding carboxylic acids is 1. The highest BCUT2D eigenvalue weighted by Gasteiger charge is 2.03. The van der Waals surface area contributed by atoms with Gasteiger partial charge in [0.2, 0.25) is 5.91 Å². The standard InChI is InChI=1S/C18H21NOS/c1-3-12-21-17-10-9-16-7-4-6-15(18(16)13-17)8-5-11-19-14(2)20/h3-4,6-7,9-10,12-13H,5,8,11H2,1-2H3,(H,19,20). The molecule has 0 bridgehead atoms. The van der Waals surface area contributed by atoms with Crippen molar-refractivity contribution in [2.75, 3.05) is 6.54 Å². The average Bonchev–Trinajstić information content (AvgIpc) is 2.49. The number of benzene rings is 2. The molecule has 1 N–H and O–H groups in total. The van der Waals surface area contributed by atoms with Gasteiger partial charge in [0.05, 0.1) is 0 Å². The maximum Gasteiger partial charge on any atom is 0.216 e. The van der Waals surface area contributed by atoms with Crippen molar-refractivity contribution in [2.24, 2.45) is 0 Å². The van der Waals surface area contributed by atoms with Gasteiger partial charge >= 0.3 is 0 Å². The van der Waals surface area contributed by atoms with Crippen LogP contribution in [0.3, 0.4) is 0 Å². The SMILES string of the molecule is CC=CSc1ccc2cccc(CCCNC(C)=O)c2c1. The molecule has 0 aliphatic carbocycles. The van der Waals surface area contributed by atoms with Crippen LogP contribution in [-0.2, 0) is 11.2 Å². The summed E-state index contributed by atoms with van der Waals surface area (Å²) in [6.07, 6.45) is 3.99. The van der Waals surface area contributed by atoms with Crippen molar-refractivity contribution in [3.8, 4) is 0 Å². The molecule has 0 fully saturated rings. The summed E-state index contributed by atoms with van der Waals surface area (Å²) in [5.41, 5.74) is 1.35. The first-order chi connectivity index (χ1) is 10.2. The monoisotopic (exact) mass is 299 g/mol. The number of aryl methyl sites for hydroxylation is 1. The lowest BCUT2D eigenvalue weighted by molar-refractivity contribution is -0.118. The second kappa shape index (κ2) is 7.89. The molecule has 2 nitrogen and oxygen atoms in total. The summed E-state index contributed by atoms with van der Waals surface area (Å²) in [6.45, 7) is 4.32. The predicted molar refractivity (Wildman–Crippen MR) is 91.6 cm³/mol. The lowest BCUT2D eigenvalue weighted by Gasteiger charge is -2.08. The summed E-state index contributed by atoms with van der Waals surface area (Å²) < 4.78 is 0. The van der Waals surface area contributed by atoms with E-state index in [0.29, 0.717) is 0 Å². The Bertz CT molecular complexity index is 649. The van der Waals surface area contributed by atoms with E-state index in [1.165, 1.54) is 21.2 Å². The van der Waals surface area contributed by atoms with Crippen molar-refractivity contribution >= 4 is 28.4 Å². The molecule has 0 unspecified atom stereocenters. The molecule has 0 radical (unpaired) electrons. The number of amides is 1. The van der Waals surface area contributed by atoms with Gasteiger partial charge in [-0.1, -0.05) is 42.1 Å². The first-order valence-corrected chi connectivity index (χ1v) is 8.12. The van der Waals surface area contributed by atoms with Gasteiger partial charge in [0.1, 0.15) is 0 Å². The maximum atomic E-state index is 10.9. The van der Waals surface area contributed by atoms with E-state index in [1.807, 2.05) is 13.0 Å². The molecule has 2 rings (SSSR count). The lowest BCUT2D eigenvalue weighted by Crippen LogP contribution is -2.21. The Balaban J connectivity index is 2.15. The molecule has 3 heteroatoms. The summed E-state index contributed by atoms with van der Waals surface area (Å²) in [5, 5.41) is 7.54. The van der Waals surface area contributed by atoms with Crippen molar-refractivity contribution in [3.63, 3.8) is 0 Å². The zero-order valence-electron chi connectivity index (χ0n) is 12.6. The van der Waals surface area contributed by atoms with Gasteiger partial charge in [-0.05, 0) is 53.6 Å². The van der Waals surface area contributed by atoms with Gasteiger partial charge in [-0.15, -0.1) is 0 Å². The van der Waals surface area contributed by atoms with E-state index in [4.69, 9.17) is 0 Å². The third kappa shape index (κ3) is 4.64. The highest BCUT2D eigenvalue weighted by atomic mass is 32.2. The van der Waals surface area contributed by atoms with Crippen LogP contribution in [0.25, 0.3) is 10.8 Å². The minimum Gasteiger partial charge on any atom is -0.356 e. The highest BCUT2D eigenvalue weighted by Crippen LogP contribution is 2.27. The Morgan fingerprint density at radius 3 is 2.90 bits per heavy atom. The zero-order valence-corrected chi connectivity index (χ0v) is 13.4. The third-order valence-electron chi connectivity index (χ3n) is 3.28.